The summed E-state index contributed by atoms with van der Waals surface area (Å²) in [5, 5.41) is 7.00. The lowest BCUT2D eigenvalue weighted by Gasteiger charge is -2.20. The van der Waals surface area contributed by atoms with Crippen LogP contribution in [0.1, 0.15) is 30.8 Å². The van der Waals surface area contributed by atoms with Gasteiger partial charge in [-0.2, -0.15) is 5.10 Å². The van der Waals surface area contributed by atoms with Crippen molar-refractivity contribution in [3.05, 3.63) is 47.3 Å². The molecule has 0 amide bonds. The van der Waals surface area contributed by atoms with Crippen LogP contribution in [-0.2, 0) is 13.5 Å². The molecular weight excluding hydrogens is 281 g/mol. The molecule has 0 aliphatic carbocycles. The van der Waals surface area contributed by atoms with Gasteiger partial charge in [-0.1, -0.05) is 6.92 Å². The summed E-state index contributed by atoms with van der Waals surface area (Å²) in [6.07, 6.45) is 2.44. The molecule has 7 heteroatoms. The quantitative estimate of drug-likeness (QED) is 0.891. The van der Waals surface area contributed by atoms with Crippen LogP contribution in [0.3, 0.4) is 0 Å². The summed E-state index contributed by atoms with van der Waals surface area (Å²) in [5.74, 6) is -2.14. The Morgan fingerprint density at radius 2 is 1.90 bits per heavy atom. The molecule has 0 radical (unpaired) electrons. The van der Waals surface area contributed by atoms with E-state index in [1.165, 1.54) is 6.33 Å². The standard InChI is InChI=1S/C14H17F3N4/c1-3-4-18-12(7-13-19-8-20-21(13)2)14-10(16)5-9(15)6-11(14)17/h5-6,8,12,18H,3-4,7H2,1-2H3. The highest BCUT2D eigenvalue weighted by atomic mass is 19.1. The fourth-order valence-electron chi connectivity index (χ4n) is 2.17. The van der Waals surface area contributed by atoms with Crippen LogP contribution < -0.4 is 5.32 Å². The normalized spacial score (nSPS) is 12.6. The maximum atomic E-state index is 14.0. The van der Waals surface area contributed by atoms with Crippen molar-refractivity contribution in [1.82, 2.24) is 20.1 Å². The van der Waals surface area contributed by atoms with Gasteiger partial charge in [0.05, 0.1) is 0 Å². The van der Waals surface area contributed by atoms with Crippen molar-refractivity contribution < 1.29 is 13.2 Å². The Hall–Kier alpha value is -1.89. The topological polar surface area (TPSA) is 42.7 Å². The molecule has 0 saturated heterocycles. The molecule has 0 spiro atoms. The summed E-state index contributed by atoms with van der Waals surface area (Å²) in [5.41, 5.74) is -0.173. The number of nitrogens with zero attached hydrogens (tertiary/aromatic N) is 3. The number of aryl methyl sites for hydroxylation is 1. The molecule has 0 aliphatic heterocycles. The number of halogens is 3. The Morgan fingerprint density at radius 1 is 1.24 bits per heavy atom. The van der Waals surface area contributed by atoms with Gasteiger partial charge in [0.2, 0.25) is 0 Å². The number of rotatable bonds is 6. The lowest BCUT2D eigenvalue weighted by atomic mass is 10.0. The van der Waals surface area contributed by atoms with E-state index < -0.39 is 23.5 Å². The molecule has 0 fully saturated rings. The van der Waals surface area contributed by atoms with Crippen molar-refractivity contribution in [1.29, 1.82) is 0 Å². The van der Waals surface area contributed by atoms with E-state index >= 15 is 0 Å². The predicted molar refractivity (Wildman–Crippen MR) is 72.1 cm³/mol. The van der Waals surface area contributed by atoms with Crippen LogP contribution >= 0.6 is 0 Å². The Balaban J connectivity index is 2.34. The van der Waals surface area contributed by atoms with Crippen molar-refractivity contribution in [2.45, 2.75) is 25.8 Å². The van der Waals surface area contributed by atoms with Crippen molar-refractivity contribution in [2.75, 3.05) is 6.54 Å². The van der Waals surface area contributed by atoms with Crippen LogP contribution in [0.2, 0.25) is 0 Å². The highest BCUT2D eigenvalue weighted by Crippen LogP contribution is 2.24. The zero-order valence-corrected chi connectivity index (χ0v) is 11.9. The molecule has 0 saturated carbocycles. The molecule has 1 heterocycles. The first-order valence-electron chi connectivity index (χ1n) is 6.73. The minimum absolute atomic E-state index is 0.173. The summed E-state index contributed by atoms with van der Waals surface area (Å²) < 4.78 is 42.5. The second-order valence-electron chi connectivity index (χ2n) is 4.79. The van der Waals surface area contributed by atoms with Gasteiger partial charge < -0.3 is 5.32 Å². The van der Waals surface area contributed by atoms with Crippen molar-refractivity contribution in [3.63, 3.8) is 0 Å². The van der Waals surface area contributed by atoms with E-state index in [0.29, 0.717) is 24.5 Å². The Kier molecular flexibility index (Phi) is 4.95. The third-order valence-corrected chi connectivity index (χ3v) is 3.22. The zero-order chi connectivity index (χ0) is 15.4. The number of nitrogens with one attached hydrogen (secondary N) is 1. The summed E-state index contributed by atoms with van der Waals surface area (Å²) in [6, 6.07) is 0.749. The number of benzene rings is 1. The molecule has 21 heavy (non-hydrogen) atoms. The molecule has 1 N–H and O–H groups in total. The van der Waals surface area contributed by atoms with E-state index in [-0.39, 0.29) is 12.0 Å². The van der Waals surface area contributed by atoms with Crippen molar-refractivity contribution in [3.8, 4) is 0 Å². The van der Waals surface area contributed by atoms with Crippen LogP contribution in [-0.4, -0.2) is 21.3 Å². The summed E-state index contributed by atoms with van der Waals surface area (Å²) in [6.45, 7) is 2.53. The zero-order valence-electron chi connectivity index (χ0n) is 11.9. The first kappa shape index (κ1) is 15.5. The van der Waals surface area contributed by atoms with Gasteiger partial charge in [-0.15, -0.1) is 0 Å². The lowest BCUT2D eigenvalue weighted by molar-refractivity contribution is 0.445. The van der Waals surface area contributed by atoms with Crippen LogP contribution in [0.5, 0.6) is 0 Å². The number of aromatic nitrogens is 3. The van der Waals surface area contributed by atoms with E-state index in [0.717, 1.165) is 6.42 Å². The molecule has 0 bridgehead atoms. The van der Waals surface area contributed by atoms with Crippen LogP contribution in [0.25, 0.3) is 0 Å². The number of hydrogen-bond acceptors (Lipinski definition) is 3. The third kappa shape index (κ3) is 3.60. The first-order valence-corrected chi connectivity index (χ1v) is 6.73. The van der Waals surface area contributed by atoms with Crippen LogP contribution in [0.4, 0.5) is 13.2 Å². The molecule has 1 aromatic heterocycles. The summed E-state index contributed by atoms with van der Waals surface area (Å²) >= 11 is 0. The fraction of sp³-hybridized carbons (Fsp3) is 0.429. The molecule has 2 aromatic rings. The SMILES string of the molecule is CCCNC(Cc1ncnn1C)c1c(F)cc(F)cc1F. The van der Waals surface area contributed by atoms with Gasteiger partial charge >= 0.3 is 0 Å². The molecule has 1 atom stereocenters. The van der Waals surface area contributed by atoms with Gasteiger partial charge in [0.25, 0.3) is 0 Å². The largest absolute Gasteiger partial charge is 0.309 e. The monoisotopic (exact) mass is 298 g/mol. The molecular formula is C14H17F3N4. The Bertz CT molecular complexity index is 589. The van der Waals surface area contributed by atoms with Gasteiger partial charge in [-0.25, -0.2) is 18.2 Å². The van der Waals surface area contributed by atoms with Crippen molar-refractivity contribution >= 4 is 0 Å². The maximum absolute atomic E-state index is 14.0. The van der Waals surface area contributed by atoms with Gasteiger partial charge in [0, 0.05) is 37.2 Å². The molecule has 4 nitrogen and oxygen atoms in total. The van der Waals surface area contributed by atoms with Crippen LogP contribution in [0.15, 0.2) is 18.5 Å². The molecule has 1 aromatic carbocycles. The van der Waals surface area contributed by atoms with Crippen molar-refractivity contribution in [2.24, 2.45) is 7.05 Å². The first-order chi connectivity index (χ1) is 10.0. The minimum atomic E-state index is -0.929. The second-order valence-corrected chi connectivity index (χ2v) is 4.79. The van der Waals surface area contributed by atoms with Crippen LogP contribution in [0, 0.1) is 17.5 Å². The smallest absolute Gasteiger partial charge is 0.138 e. The fourth-order valence-corrected chi connectivity index (χ4v) is 2.17. The summed E-state index contributed by atoms with van der Waals surface area (Å²) in [4.78, 5) is 4.06. The van der Waals surface area contributed by atoms with Gasteiger partial charge in [0.1, 0.15) is 29.6 Å². The molecule has 2 rings (SSSR count). The average Bonchev–Trinajstić information content (AvgIpc) is 2.80. The maximum Gasteiger partial charge on any atom is 0.138 e. The van der Waals surface area contributed by atoms with E-state index in [1.54, 1.807) is 11.7 Å². The Morgan fingerprint density at radius 3 is 2.43 bits per heavy atom. The molecule has 114 valence electrons. The Labute approximate surface area is 121 Å². The van der Waals surface area contributed by atoms with E-state index in [9.17, 15) is 13.2 Å². The van der Waals surface area contributed by atoms with Gasteiger partial charge in [-0.3, -0.25) is 4.68 Å². The molecule has 0 aliphatic rings. The average molecular weight is 298 g/mol. The lowest BCUT2D eigenvalue weighted by Crippen LogP contribution is -2.27. The van der Waals surface area contributed by atoms with E-state index in [2.05, 4.69) is 15.4 Å². The van der Waals surface area contributed by atoms with Gasteiger partial charge in [-0.05, 0) is 13.0 Å². The molecule has 1 unspecified atom stereocenters. The van der Waals surface area contributed by atoms with E-state index in [4.69, 9.17) is 0 Å². The van der Waals surface area contributed by atoms with E-state index in [1.807, 2.05) is 6.92 Å². The highest BCUT2D eigenvalue weighted by molar-refractivity contribution is 5.25. The second kappa shape index (κ2) is 6.71. The summed E-state index contributed by atoms with van der Waals surface area (Å²) in [7, 11) is 1.70. The minimum Gasteiger partial charge on any atom is -0.309 e. The predicted octanol–water partition coefficient (Wildman–Crippen LogP) is 2.52. The third-order valence-electron chi connectivity index (χ3n) is 3.22. The number of hydrogen-bond donors (Lipinski definition) is 1. The highest BCUT2D eigenvalue weighted by Gasteiger charge is 2.23. The van der Waals surface area contributed by atoms with Gasteiger partial charge in [0.15, 0.2) is 0 Å².